The molecule has 0 spiro atoms. The number of anilines is 1. The van der Waals surface area contributed by atoms with Crippen LogP contribution < -0.4 is 4.90 Å². The smallest absolute Gasteiger partial charge is 0.274 e. The van der Waals surface area contributed by atoms with Crippen LogP contribution in [-0.4, -0.2) is 76.9 Å². The van der Waals surface area contributed by atoms with E-state index < -0.39 is 12.2 Å². The van der Waals surface area contributed by atoms with Crippen molar-refractivity contribution in [1.29, 1.82) is 0 Å². The monoisotopic (exact) mass is 437 g/mol. The minimum atomic E-state index is -1.20. The predicted molar refractivity (Wildman–Crippen MR) is 113 cm³/mol. The van der Waals surface area contributed by atoms with Gasteiger partial charge in [0.2, 0.25) is 5.95 Å². The first-order valence-corrected chi connectivity index (χ1v) is 10.8. The van der Waals surface area contributed by atoms with E-state index in [4.69, 9.17) is 0 Å². The van der Waals surface area contributed by atoms with Crippen LogP contribution >= 0.6 is 0 Å². The third-order valence-corrected chi connectivity index (χ3v) is 5.93. The molecule has 166 valence electrons. The quantitative estimate of drug-likeness (QED) is 0.573. The number of amides is 1. The van der Waals surface area contributed by atoms with E-state index in [0.717, 1.165) is 24.8 Å². The van der Waals surface area contributed by atoms with Crippen LogP contribution in [0, 0.1) is 0 Å². The molecule has 11 heteroatoms. The molecule has 2 aliphatic rings. The molecule has 5 rings (SSSR count). The Hall–Kier alpha value is -3.50. The number of hydrogen-bond acceptors (Lipinski definition) is 8. The lowest BCUT2D eigenvalue weighted by Crippen LogP contribution is -2.55. The van der Waals surface area contributed by atoms with Gasteiger partial charge in [0.1, 0.15) is 24.5 Å². The molecule has 4 heterocycles. The summed E-state index contributed by atoms with van der Waals surface area (Å²) in [6.07, 6.45) is 11.3. The third kappa shape index (κ3) is 4.02. The molecule has 10 nitrogen and oxygen atoms in total. The average Bonchev–Trinajstić information content (AvgIpc) is 3.51. The van der Waals surface area contributed by atoms with Gasteiger partial charge in [-0.2, -0.15) is 5.10 Å². The topological polar surface area (TPSA) is 106 Å². The molecule has 1 aliphatic heterocycles. The van der Waals surface area contributed by atoms with Crippen LogP contribution in [0.4, 0.5) is 10.3 Å². The van der Waals surface area contributed by atoms with Gasteiger partial charge in [0, 0.05) is 25.0 Å². The van der Waals surface area contributed by atoms with Crippen LogP contribution in [0.25, 0.3) is 5.82 Å². The molecule has 3 aromatic rings. The molecule has 1 saturated carbocycles. The second-order valence-electron chi connectivity index (χ2n) is 8.11. The van der Waals surface area contributed by atoms with E-state index in [1.807, 2.05) is 11.8 Å². The first-order chi connectivity index (χ1) is 15.6. The van der Waals surface area contributed by atoms with E-state index in [2.05, 4.69) is 30.0 Å². The second-order valence-corrected chi connectivity index (χ2v) is 8.11. The highest BCUT2D eigenvalue weighted by Gasteiger charge is 2.44. The van der Waals surface area contributed by atoms with Crippen molar-refractivity contribution in [2.75, 3.05) is 18.0 Å². The highest BCUT2D eigenvalue weighted by atomic mass is 19.1. The van der Waals surface area contributed by atoms with Gasteiger partial charge in [-0.25, -0.2) is 34.0 Å². The summed E-state index contributed by atoms with van der Waals surface area (Å²) in [5.41, 5.74) is 1.25. The second kappa shape index (κ2) is 8.56. The molecule has 0 aromatic carbocycles. The van der Waals surface area contributed by atoms with Crippen molar-refractivity contribution in [3.8, 4) is 5.82 Å². The first-order valence-electron chi connectivity index (χ1n) is 10.8. The number of aromatic nitrogens is 7. The van der Waals surface area contributed by atoms with Crippen LogP contribution in [0.5, 0.6) is 0 Å². The summed E-state index contributed by atoms with van der Waals surface area (Å²) in [4.78, 5) is 38.0. The minimum absolute atomic E-state index is 0.0502. The summed E-state index contributed by atoms with van der Waals surface area (Å²) in [7, 11) is 0. The zero-order valence-electron chi connectivity index (χ0n) is 17.7. The van der Waals surface area contributed by atoms with Gasteiger partial charge in [-0.3, -0.25) is 4.79 Å². The van der Waals surface area contributed by atoms with E-state index >= 15 is 4.39 Å². The van der Waals surface area contributed by atoms with Crippen molar-refractivity contribution < 1.29 is 9.18 Å². The average molecular weight is 437 g/mol. The molecule has 1 amide bonds. The van der Waals surface area contributed by atoms with Crippen molar-refractivity contribution in [1.82, 2.24) is 39.6 Å². The van der Waals surface area contributed by atoms with Crippen LogP contribution in [0.3, 0.4) is 0 Å². The van der Waals surface area contributed by atoms with Gasteiger partial charge in [0.05, 0.1) is 25.0 Å². The molecule has 1 unspecified atom stereocenters. The summed E-state index contributed by atoms with van der Waals surface area (Å²) in [6.45, 7) is 2.78. The Balaban J connectivity index is 1.30. The zero-order chi connectivity index (χ0) is 22.1. The van der Waals surface area contributed by atoms with Crippen molar-refractivity contribution in [3.63, 3.8) is 0 Å². The summed E-state index contributed by atoms with van der Waals surface area (Å²) < 4.78 is 16.8. The fourth-order valence-corrected chi connectivity index (χ4v) is 4.03. The third-order valence-electron chi connectivity index (χ3n) is 5.93. The molecule has 32 heavy (non-hydrogen) atoms. The molecule has 0 bridgehead atoms. The molecule has 0 N–H and O–H groups in total. The number of nitrogens with zero attached hydrogens (tertiary/aromatic N) is 9. The largest absolute Gasteiger partial charge is 0.338 e. The lowest BCUT2D eigenvalue weighted by atomic mass is 10.0. The number of rotatable bonds is 6. The maximum atomic E-state index is 15.3. The van der Waals surface area contributed by atoms with Crippen molar-refractivity contribution >= 4 is 11.9 Å². The van der Waals surface area contributed by atoms with E-state index in [1.54, 1.807) is 17.3 Å². The van der Waals surface area contributed by atoms with Gasteiger partial charge in [-0.1, -0.05) is 6.92 Å². The van der Waals surface area contributed by atoms with Gasteiger partial charge in [-0.15, -0.1) is 0 Å². The lowest BCUT2D eigenvalue weighted by molar-refractivity contribution is 0.0480. The van der Waals surface area contributed by atoms with Crippen LogP contribution in [0.1, 0.15) is 42.2 Å². The SMILES string of the molecule is CCc1cnc(N2CCC(N(C(=O)c3cnc(-n4cncn4)cn3)C3CC3)[C@@H](F)C2)nc1. The summed E-state index contributed by atoms with van der Waals surface area (Å²) in [5.74, 6) is 0.708. The highest BCUT2D eigenvalue weighted by Crippen LogP contribution is 2.34. The van der Waals surface area contributed by atoms with Gasteiger partial charge < -0.3 is 9.80 Å². The Morgan fingerprint density at radius 2 is 1.94 bits per heavy atom. The molecule has 1 aliphatic carbocycles. The molecule has 1 saturated heterocycles. The van der Waals surface area contributed by atoms with E-state index in [-0.39, 0.29) is 24.2 Å². The number of halogens is 1. The molecular weight excluding hydrogens is 413 g/mol. The lowest BCUT2D eigenvalue weighted by Gasteiger charge is -2.40. The van der Waals surface area contributed by atoms with E-state index in [9.17, 15) is 4.79 Å². The van der Waals surface area contributed by atoms with Crippen molar-refractivity contribution in [2.24, 2.45) is 0 Å². The first kappa shape index (κ1) is 20.4. The van der Waals surface area contributed by atoms with Crippen LogP contribution in [-0.2, 0) is 6.42 Å². The molecular formula is C21H24FN9O. The van der Waals surface area contributed by atoms with Gasteiger partial charge >= 0.3 is 0 Å². The highest BCUT2D eigenvalue weighted by molar-refractivity contribution is 5.92. The Kier molecular flexibility index (Phi) is 5.46. The molecule has 3 aromatic heterocycles. The van der Waals surface area contributed by atoms with Gasteiger partial charge in [0.25, 0.3) is 5.91 Å². The van der Waals surface area contributed by atoms with Crippen molar-refractivity contribution in [2.45, 2.75) is 50.9 Å². The summed E-state index contributed by atoms with van der Waals surface area (Å²) in [6, 6.07) is -0.452. The van der Waals surface area contributed by atoms with E-state index in [1.165, 1.54) is 29.7 Å². The minimum Gasteiger partial charge on any atom is -0.338 e. The van der Waals surface area contributed by atoms with Gasteiger partial charge in [0.15, 0.2) is 5.82 Å². The Labute approximate surface area is 184 Å². The molecule has 0 radical (unpaired) electrons. The number of carbonyl (C=O) groups excluding carboxylic acids is 1. The fourth-order valence-electron chi connectivity index (χ4n) is 4.03. The number of hydrogen-bond donors (Lipinski definition) is 0. The maximum Gasteiger partial charge on any atom is 0.274 e. The zero-order valence-corrected chi connectivity index (χ0v) is 17.7. The number of alkyl halides is 1. The number of carbonyl (C=O) groups is 1. The Morgan fingerprint density at radius 1 is 1.12 bits per heavy atom. The fraction of sp³-hybridized carbons (Fsp3) is 0.476. The van der Waals surface area contributed by atoms with Crippen LogP contribution in [0.15, 0.2) is 37.4 Å². The predicted octanol–water partition coefficient (Wildman–Crippen LogP) is 1.63. The van der Waals surface area contributed by atoms with Crippen LogP contribution in [0.2, 0.25) is 0 Å². The Morgan fingerprint density at radius 3 is 2.53 bits per heavy atom. The Bertz CT molecular complexity index is 1050. The van der Waals surface area contributed by atoms with Crippen molar-refractivity contribution in [3.05, 3.63) is 48.7 Å². The maximum absolute atomic E-state index is 15.3. The molecule has 2 atom stereocenters. The molecule has 2 fully saturated rings. The summed E-state index contributed by atoms with van der Waals surface area (Å²) >= 11 is 0. The number of aryl methyl sites for hydroxylation is 1. The summed E-state index contributed by atoms with van der Waals surface area (Å²) in [5, 5.41) is 4.00. The van der Waals surface area contributed by atoms with E-state index in [0.29, 0.717) is 24.7 Å². The standard InChI is InChI=1S/C21H24FN9O/c1-2-14-7-26-21(27-8-14)29-6-5-18(16(22)11-29)31(15-3-4-15)20(32)17-9-25-19(10-24-17)30-13-23-12-28-30/h7-10,12-13,15-16,18H,2-6,11H2,1H3/t16-,18?/m0/s1. The normalized spacial score (nSPS) is 20.9. The number of piperidine rings is 1. The van der Waals surface area contributed by atoms with Gasteiger partial charge in [-0.05, 0) is 31.2 Å².